The zero-order valence-corrected chi connectivity index (χ0v) is 15.6. The monoisotopic (exact) mass is 325 g/mol. The van der Waals surface area contributed by atoms with Crippen LogP contribution in [0.1, 0.15) is 40.0 Å². The Morgan fingerprint density at radius 3 is 2.65 bits per heavy atom. The summed E-state index contributed by atoms with van der Waals surface area (Å²) < 4.78 is 11.6. The van der Waals surface area contributed by atoms with Gasteiger partial charge in [0.25, 0.3) is 0 Å². The van der Waals surface area contributed by atoms with E-state index in [4.69, 9.17) is 9.47 Å². The highest BCUT2D eigenvalue weighted by Gasteiger charge is 2.35. The van der Waals surface area contributed by atoms with Gasteiger partial charge in [-0.3, -0.25) is 4.99 Å². The van der Waals surface area contributed by atoms with Crippen molar-refractivity contribution in [2.45, 2.75) is 46.1 Å². The molecular weight excluding hydrogens is 290 g/mol. The van der Waals surface area contributed by atoms with E-state index in [1.54, 1.807) is 0 Å². The molecule has 0 spiro atoms. The fourth-order valence-electron chi connectivity index (χ4n) is 3.82. The lowest BCUT2D eigenvalue weighted by molar-refractivity contribution is -0.0836. The molecule has 0 bridgehead atoms. The average Bonchev–Trinajstić information content (AvgIpc) is 3.00. The van der Waals surface area contributed by atoms with Crippen LogP contribution in [-0.4, -0.2) is 64.0 Å². The van der Waals surface area contributed by atoms with Crippen LogP contribution < -0.4 is 5.32 Å². The number of nitrogens with zero attached hydrogens (tertiary/aromatic N) is 2. The van der Waals surface area contributed by atoms with Gasteiger partial charge >= 0.3 is 0 Å². The van der Waals surface area contributed by atoms with Gasteiger partial charge in [-0.1, -0.05) is 20.8 Å². The molecule has 2 fully saturated rings. The molecule has 2 aliphatic heterocycles. The van der Waals surface area contributed by atoms with Gasteiger partial charge in [-0.05, 0) is 24.7 Å². The zero-order valence-electron chi connectivity index (χ0n) is 15.6. The minimum atomic E-state index is 0.184. The molecule has 1 N–H and O–H groups in total. The van der Waals surface area contributed by atoms with Crippen LogP contribution in [0.3, 0.4) is 0 Å². The molecule has 2 saturated heterocycles. The predicted octanol–water partition coefficient (Wildman–Crippen LogP) is 2.37. The second-order valence-electron chi connectivity index (χ2n) is 8.10. The van der Waals surface area contributed by atoms with Crippen LogP contribution in [0.4, 0.5) is 0 Å². The van der Waals surface area contributed by atoms with Crippen LogP contribution in [0.2, 0.25) is 0 Å². The molecule has 134 valence electrons. The largest absolute Gasteiger partial charge is 0.381 e. The van der Waals surface area contributed by atoms with Crippen molar-refractivity contribution >= 4 is 5.96 Å². The minimum Gasteiger partial charge on any atom is -0.381 e. The van der Waals surface area contributed by atoms with Crippen molar-refractivity contribution in [2.24, 2.45) is 22.2 Å². The van der Waals surface area contributed by atoms with Crippen molar-refractivity contribution in [3.63, 3.8) is 0 Å². The van der Waals surface area contributed by atoms with Crippen molar-refractivity contribution in [1.82, 2.24) is 10.2 Å². The highest BCUT2D eigenvalue weighted by molar-refractivity contribution is 5.79. The van der Waals surface area contributed by atoms with E-state index < -0.39 is 0 Å². The third-order valence-corrected chi connectivity index (χ3v) is 4.95. The first-order valence-corrected chi connectivity index (χ1v) is 9.03. The van der Waals surface area contributed by atoms with E-state index in [0.717, 1.165) is 51.7 Å². The van der Waals surface area contributed by atoms with E-state index in [-0.39, 0.29) is 5.41 Å². The number of ether oxygens (including phenoxy) is 2. The second-order valence-corrected chi connectivity index (χ2v) is 8.10. The molecule has 2 heterocycles. The fraction of sp³-hybridized carbons (Fsp3) is 0.944. The first-order chi connectivity index (χ1) is 10.9. The van der Waals surface area contributed by atoms with Crippen molar-refractivity contribution in [3.8, 4) is 0 Å². The second kappa shape index (κ2) is 8.34. The smallest absolute Gasteiger partial charge is 0.193 e. The number of rotatable bonds is 4. The summed E-state index contributed by atoms with van der Waals surface area (Å²) in [5.74, 6) is 2.15. The average molecular weight is 325 g/mol. The standard InChI is InChI=1S/C18H35N3O2/c1-18(2,3)16-15(7-6-9-23-16)11-20-17(19-4)21(5)12-14-8-10-22-13-14/h14-16H,6-13H2,1-5H3,(H,19,20). The maximum absolute atomic E-state index is 6.08. The summed E-state index contributed by atoms with van der Waals surface area (Å²) in [6, 6.07) is 0. The number of hydrogen-bond donors (Lipinski definition) is 1. The van der Waals surface area contributed by atoms with Crippen molar-refractivity contribution in [1.29, 1.82) is 0 Å². The summed E-state index contributed by atoms with van der Waals surface area (Å²) in [5, 5.41) is 3.57. The van der Waals surface area contributed by atoms with Gasteiger partial charge in [-0.25, -0.2) is 0 Å². The summed E-state index contributed by atoms with van der Waals surface area (Å²) in [7, 11) is 3.98. The Bertz CT molecular complexity index is 386. The van der Waals surface area contributed by atoms with E-state index in [1.165, 1.54) is 6.42 Å². The lowest BCUT2D eigenvalue weighted by Crippen LogP contribution is -2.48. The van der Waals surface area contributed by atoms with Gasteiger partial charge in [0.2, 0.25) is 0 Å². The zero-order chi connectivity index (χ0) is 16.9. The van der Waals surface area contributed by atoms with E-state index in [9.17, 15) is 0 Å². The topological polar surface area (TPSA) is 46.1 Å². The van der Waals surface area contributed by atoms with Crippen molar-refractivity contribution in [2.75, 3.05) is 47.0 Å². The minimum absolute atomic E-state index is 0.184. The van der Waals surface area contributed by atoms with E-state index in [1.807, 2.05) is 7.05 Å². The Kier molecular flexibility index (Phi) is 6.72. The predicted molar refractivity (Wildman–Crippen MR) is 94.8 cm³/mol. The summed E-state index contributed by atoms with van der Waals surface area (Å²) in [6.45, 7) is 11.4. The molecule has 0 aromatic rings. The number of guanidine groups is 1. The van der Waals surface area contributed by atoms with Crippen LogP contribution in [0, 0.1) is 17.3 Å². The summed E-state index contributed by atoms with van der Waals surface area (Å²) in [4.78, 5) is 6.68. The van der Waals surface area contributed by atoms with Gasteiger partial charge in [-0.2, -0.15) is 0 Å². The highest BCUT2D eigenvalue weighted by atomic mass is 16.5. The molecule has 2 rings (SSSR count). The van der Waals surface area contributed by atoms with Crippen molar-refractivity contribution < 1.29 is 9.47 Å². The van der Waals surface area contributed by atoms with Crippen molar-refractivity contribution in [3.05, 3.63) is 0 Å². The van der Waals surface area contributed by atoms with Crippen LogP contribution >= 0.6 is 0 Å². The molecule has 0 aromatic heterocycles. The molecule has 0 aromatic carbocycles. The van der Waals surface area contributed by atoms with Crippen LogP contribution in [-0.2, 0) is 9.47 Å². The van der Waals surface area contributed by atoms with Gasteiger partial charge in [0.05, 0.1) is 12.7 Å². The summed E-state index contributed by atoms with van der Waals surface area (Å²) in [6.07, 6.45) is 3.86. The van der Waals surface area contributed by atoms with Crippen LogP contribution in [0.25, 0.3) is 0 Å². The molecule has 3 atom stereocenters. The number of aliphatic imine (C=N–C) groups is 1. The molecule has 0 amide bonds. The molecule has 5 heteroatoms. The summed E-state index contributed by atoms with van der Waals surface area (Å²) >= 11 is 0. The molecule has 23 heavy (non-hydrogen) atoms. The molecule has 2 aliphatic rings. The lowest BCUT2D eigenvalue weighted by Gasteiger charge is -2.40. The Morgan fingerprint density at radius 1 is 1.26 bits per heavy atom. The molecule has 3 unspecified atom stereocenters. The number of hydrogen-bond acceptors (Lipinski definition) is 3. The Balaban J connectivity index is 1.85. The molecule has 0 saturated carbocycles. The van der Waals surface area contributed by atoms with E-state index >= 15 is 0 Å². The Hall–Kier alpha value is -0.810. The molecular formula is C18H35N3O2. The molecule has 5 nitrogen and oxygen atoms in total. The maximum Gasteiger partial charge on any atom is 0.193 e. The van der Waals surface area contributed by atoms with Gasteiger partial charge in [0.1, 0.15) is 0 Å². The van der Waals surface area contributed by atoms with E-state index in [0.29, 0.717) is 17.9 Å². The first kappa shape index (κ1) is 18.5. The normalized spacial score (nSPS) is 29.6. The Morgan fingerprint density at radius 2 is 2.04 bits per heavy atom. The highest BCUT2D eigenvalue weighted by Crippen LogP contribution is 2.33. The molecule has 0 aliphatic carbocycles. The van der Waals surface area contributed by atoms with Gasteiger partial charge in [0.15, 0.2) is 5.96 Å². The van der Waals surface area contributed by atoms with Gasteiger partial charge < -0.3 is 19.7 Å². The third-order valence-electron chi connectivity index (χ3n) is 4.95. The van der Waals surface area contributed by atoms with Gasteiger partial charge in [0, 0.05) is 52.2 Å². The maximum atomic E-state index is 6.08. The van der Waals surface area contributed by atoms with Gasteiger partial charge in [-0.15, -0.1) is 0 Å². The Labute approximate surface area is 141 Å². The summed E-state index contributed by atoms with van der Waals surface area (Å²) in [5.41, 5.74) is 0.184. The van der Waals surface area contributed by atoms with Crippen LogP contribution in [0.5, 0.6) is 0 Å². The molecule has 0 radical (unpaired) electrons. The quantitative estimate of drug-likeness (QED) is 0.637. The lowest BCUT2D eigenvalue weighted by atomic mass is 9.78. The third kappa shape index (κ3) is 5.35. The first-order valence-electron chi connectivity index (χ1n) is 9.03. The van der Waals surface area contributed by atoms with E-state index in [2.05, 4.69) is 43.0 Å². The van der Waals surface area contributed by atoms with Crippen LogP contribution in [0.15, 0.2) is 4.99 Å². The SMILES string of the molecule is CN=C(NCC1CCCOC1C(C)(C)C)N(C)CC1CCOC1. The number of nitrogens with one attached hydrogen (secondary N) is 1. The fourth-order valence-corrected chi connectivity index (χ4v) is 3.82.